The lowest BCUT2D eigenvalue weighted by Crippen LogP contribution is -1.92. The fourth-order valence-electron chi connectivity index (χ4n) is 1.80. The normalized spacial score (nSPS) is 10.9. The van der Waals surface area contributed by atoms with E-state index in [1.807, 2.05) is 41.8 Å². The van der Waals surface area contributed by atoms with Crippen LogP contribution in [0.5, 0.6) is 0 Å². The summed E-state index contributed by atoms with van der Waals surface area (Å²) in [6.45, 7) is 2.04. The van der Waals surface area contributed by atoms with E-state index >= 15 is 0 Å². The SMILES string of the molecule is Cc1ccccc1-c1nnc2c(Cl)nccn12. The zero-order valence-corrected chi connectivity index (χ0v) is 9.89. The predicted molar refractivity (Wildman–Crippen MR) is 66.0 cm³/mol. The third kappa shape index (κ3) is 1.57. The number of aryl methyl sites for hydroxylation is 1. The van der Waals surface area contributed by atoms with Gasteiger partial charge in [0, 0.05) is 18.0 Å². The Morgan fingerprint density at radius 2 is 2.00 bits per heavy atom. The van der Waals surface area contributed by atoms with Gasteiger partial charge >= 0.3 is 0 Å². The lowest BCUT2D eigenvalue weighted by molar-refractivity contribution is 1.10. The molecule has 2 aromatic heterocycles. The minimum absolute atomic E-state index is 0.361. The molecular weight excluding hydrogens is 236 g/mol. The Balaban J connectivity index is 2.33. The fourth-order valence-corrected chi connectivity index (χ4v) is 1.99. The zero-order chi connectivity index (χ0) is 11.8. The highest BCUT2D eigenvalue weighted by Gasteiger charge is 2.11. The van der Waals surface area contributed by atoms with Crippen LogP contribution in [0.15, 0.2) is 36.7 Å². The molecule has 0 aliphatic carbocycles. The van der Waals surface area contributed by atoms with Crippen LogP contribution in [0.3, 0.4) is 0 Å². The molecule has 5 heteroatoms. The third-order valence-electron chi connectivity index (χ3n) is 2.67. The van der Waals surface area contributed by atoms with Gasteiger partial charge in [-0.05, 0) is 12.5 Å². The van der Waals surface area contributed by atoms with Crippen molar-refractivity contribution in [2.24, 2.45) is 0 Å². The summed E-state index contributed by atoms with van der Waals surface area (Å²) in [6.07, 6.45) is 3.45. The molecule has 0 aliphatic rings. The summed E-state index contributed by atoms with van der Waals surface area (Å²) in [7, 11) is 0. The number of halogens is 1. The highest BCUT2D eigenvalue weighted by Crippen LogP contribution is 2.23. The van der Waals surface area contributed by atoms with Crippen LogP contribution < -0.4 is 0 Å². The van der Waals surface area contributed by atoms with E-state index < -0.39 is 0 Å². The minimum Gasteiger partial charge on any atom is -0.278 e. The first-order chi connectivity index (χ1) is 8.27. The smallest absolute Gasteiger partial charge is 0.198 e. The van der Waals surface area contributed by atoms with Gasteiger partial charge in [-0.2, -0.15) is 0 Å². The van der Waals surface area contributed by atoms with Crippen molar-refractivity contribution < 1.29 is 0 Å². The highest BCUT2D eigenvalue weighted by atomic mass is 35.5. The summed E-state index contributed by atoms with van der Waals surface area (Å²) < 4.78 is 1.84. The predicted octanol–water partition coefficient (Wildman–Crippen LogP) is 2.75. The standard InChI is InChI=1S/C12H9ClN4/c1-8-4-2-3-5-9(8)11-15-16-12-10(13)14-6-7-17(11)12/h2-7H,1H3. The van der Waals surface area contributed by atoms with E-state index in [1.165, 1.54) is 0 Å². The lowest BCUT2D eigenvalue weighted by Gasteiger charge is -2.03. The monoisotopic (exact) mass is 244 g/mol. The molecule has 4 nitrogen and oxygen atoms in total. The molecule has 0 unspecified atom stereocenters. The Hall–Kier alpha value is -1.94. The average molecular weight is 245 g/mol. The van der Waals surface area contributed by atoms with Crippen LogP contribution in [0.25, 0.3) is 17.0 Å². The fraction of sp³-hybridized carbons (Fsp3) is 0.0833. The van der Waals surface area contributed by atoms with Crippen molar-refractivity contribution in [1.29, 1.82) is 0 Å². The number of fused-ring (bicyclic) bond motifs is 1. The van der Waals surface area contributed by atoms with Crippen LogP contribution in [0.4, 0.5) is 0 Å². The van der Waals surface area contributed by atoms with E-state index in [9.17, 15) is 0 Å². The summed E-state index contributed by atoms with van der Waals surface area (Å²) in [5, 5.41) is 8.59. The van der Waals surface area contributed by atoms with Crippen LogP contribution in [0, 0.1) is 6.92 Å². The summed E-state index contributed by atoms with van der Waals surface area (Å²) >= 11 is 5.96. The number of hydrogen-bond acceptors (Lipinski definition) is 3. The van der Waals surface area contributed by atoms with Gasteiger partial charge in [0.2, 0.25) is 0 Å². The van der Waals surface area contributed by atoms with Crippen LogP contribution in [0.1, 0.15) is 5.56 Å². The molecule has 0 saturated heterocycles. The van der Waals surface area contributed by atoms with E-state index in [0.29, 0.717) is 10.8 Å². The molecule has 3 aromatic rings. The molecule has 1 aromatic carbocycles. The molecular formula is C12H9ClN4. The largest absolute Gasteiger partial charge is 0.278 e. The van der Waals surface area contributed by atoms with Gasteiger partial charge in [-0.1, -0.05) is 35.9 Å². The number of aromatic nitrogens is 4. The van der Waals surface area contributed by atoms with Crippen LogP contribution in [-0.4, -0.2) is 19.6 Å². The Bertz CT molecular complexity index is 690. The molecule has 84 valence electrons. The zero-order valence-electron chi connectivity index (χ0n) is 9.13. The number of nitrogens with zero attached hydrogens (tertiary/aromatic N) is 4. The third-order valence-corrected chi connectivity index (χ3v) is 2.94. The Labute approximate surface area is 103 Å². The van der Waals surface area contributed by atoms with Crippen LogP contribution in [0.2, 0.25) is 5.15 Å². The second-order valence-corrected chi connectivity index (χ2v) is 4.11. The van der Waals surface area contributed by atoms with Crippen molar-refractivity contribution in [1.82, 2.24) is 19.6 Å². The van der Waals surface area contributed by atoms with Crippen molar-refractivity contribution >= 4 is 17.2 Å². The Morgan fingerprint density at radius 3 is 2.82 bits per heavy atom. The molecule has 0 saturated carbocycles. The van der Waals surface area contributed by atoms with Gasteiger partial charge in [0.15, 0.2) is 16.6 Å². The summed E-state index contributed by atoms with van der Waals surface area (Å²) in [5.74, 6) is 0.780. The first-order valence-corrected chi connectivity index (χ1v) is 5.56. The van der Waals surface area contributed by atoms with Gasteiger partial charge in [0.05, 0.1) is 0 Å². The maximum atomic E-state index is 5.96. The summed E-state index contributed by atoms with van der Waals surface area (Å²) in [4.78, 5) is 3.98. The molecule has 17 heavy (non-hydrogen) atoms. The maximum Gasteiger partial charge on any atom is 0.198 e. The van der Waals surface area contributed by atoms with Crippen LogP contribution >= 0.6 is 11.6 Å². The Kier molecular flexibility index (Phi) is 2.30. The summed E-state index contributed by atoms with van der Waals surface area (Å²) in [5.41, 5.74) is 2.77. The first-order valence-electron chi connectivity index (χ1n) is 5.18. The number of hydrogen-bond donors (Lipinski definition) is 0. The number of benzene rings is 1. The molecule has 0 fully saturated rings. The second kappa shape index (κ2) is 3.82. The lowest BCUT2D eigenvalue weighted by atomic mass is 10.1. The molecule has 0 amide bonds. The molecule has 0 bridgehead atoms. The van der Waals surface area contributed by atoms with Crippen molar-refractivity contribution in [2.75, 3.05) is 0 Å². The maximum absolute atomic E-state index is 5.96. The van der Waals surface area contributed by atoms with Crippen molar-refractivity contribution in [3.05, 3.63) is 47.4 Å². The van der Waals surface area contributed by atoms with Crippen molar-refractivity contribution in [3.63, 3.8) is 0 Å². The van der Waals surface area contributed by atoms with Gasteiger partial charge in [0.25, 0.3) is 0 Å². The molecule has 0 spiro atoms. The topological polar surface area (TPSA) is 43.1 Å². The molecule has 2 heterocycles. The van der Waals surface area contributed by atoms with Gasteiger partial charge in [-0.3, -0.25) is 4.40 Å². The second-order valence-electron chi connectivity index (χ2n) is 3.75. The van der Waals surface area contributed by atoms with E-state index in [2.05, 4.69) is 15.2 Å². The van der Waals surface area contributed by atoms with Gasteiger partial charge < -0.3 is 0 Å². The van der Waals surface area contributed by atoms with Gasteiger partial charge in [-0.25, -0.2) is 4.98 Å². The van der Waals surface area contributed by atoms with Gasteiger partial charge in [0.1, 0.15) is 0 Å². The van der Waals surface area contributed by atoms with Crippen molar-refractivity contribution in [2.45, 2.75) is 6.92 Å². The molecule has 0 radical (unpaired) electrons. The van der Waals surface area contributed by atoms with E-state index in [0.717, 1.165) is 17.0 Å². The molecule has 3 rings (SSSR count). The minimum atomic E-state index is 0.361. The molecule has 0 aliphatic heterocycles. The Morgan fingerprint density at radius 1 is 1.18 bits per heavy atom. The van der Waals surface area contributed by atoms with E-state index in [1.54, 1.807) is 6.20 Å². The van der Waals surface area contributed by atoms with Crippen molar-refractivity contribution in [3.8, 4) is 11.4 Å². The van der Waals surface area contributed by atoms with E-state index in [-0.39, 0.29) is 0 Å². The number of rotatable bonds is 1. The summed E-state index contributed by atoms with van der Waals surface area (Å²) in [6, 6.07) is 8.03. The van der Waals surface area contributed by atoms with Gasteiger partial charge in [-0.15, -0.1) is 10.2 Å². The van der Waals surface area contributed by atoms with Crippen LogP contribution in [-0.2, 0) is 0 Å². The molecule has 0 atom stereocenters. The molecule has 0 N–H and O–H groups in total. The first kappa shape index (κ1) is 10.2. The van der Waals surface area contributed by atoms with E-state index in [4.69, 9.17) is 11.6 Å². The average Bonchev–Trinajstić information content (AvgIpc) is 2.75. The highest BCUT2D eigenvalue weighted by molar-refractivity contribution is 6.32. The quantitative estimate of drug-likeness (QED) is 0.661.